The van der Waals surface area contributed by atoms with Crippen molar-refractivity contribution in [3.8, 4) is 23.0 Å². The van der Waals surface area contributed by atoms with Crippen LogP contribution in [0.5, 0.6) is 23.0 Å². The number of hydrogen-bond acceptors (Lipinski definition) is 7. The molecule has 2 rings (SSSR count). The Bertz CT molecular complexity index is 792. The Balaban J connectivity index is 2.65. The Morgan fingerprint density at radius 3 is 1.92 bits per heavy atom. The topological polar surface area (TPSA) is 97.1 Å². The first-order chi connectivity index (χ1) is 12.0. The smallest absolute Gasteiger partial charge is 0.322 e. The van der Waals surface area contributed by atoms with Crippen LogP contribution in [0, 0.1) is 10.1 Å². The highest BCUT2D eigenvalue weighted by atomic mass is 16.6. The van der Waals surface area contributed by atoms with E-state index in [9.17, 15) is 14.9 Å². The first-order valence-corrected chi connectivity index (χ1v) is 7.14. The molecule has 0 aromatic heterocycles. The maximum absolute atomic E-state index is 12.9. The lowest BCUT2D eigenvalue weighted by molar-refractivity contribution is -0.386. The molecule has 0 radical (unpaired) electrons. The first-order valence-electron chi connectivity index (χ1n) is 7.14. The van der Waals surface area contributed by atoms with Crippen molar-refractivity contribution >= 4 is 11.5 Å². The second-order valence-corrected chi connectivity index (χ2v) is 4.86. The number of hydrogen-bond donors (Lipinski definition) is 0. The molecule has 0 amide bonds. The summed E-state index contributed by atoms with van der Waals surface area (Å²) in [5.74, 6) is 0.307. The maximum Gasteiger partial charge on any atom is 0.322 e. The van der Waals surface area contributed by atoms with Crippen molar-refractivity contribution in [2.45, 2.75) is 0 Å². The molecule has 8 nitrogen and oxygen atoms in total. The third kappa shape index (κ3) is 3.32. The summed E-state index contributed by atoms with van der Waals surface area (Å²) in [5, 5.41) is 11.4. The Kier molecular flexibility index (Phi) is 5.43. The van der Waals surface area contributed by atoms with Gasteiger partial charge in [-0.15, -0.1) is 0 Å². The number of benzene rings is 2. The SMILES string of the molecule is COc1cc(C(=O)c2cccc(OC)c2[N+](=O)[O-])cc(OC)c1OC. The second kappa shape index (κ2) is 7.52. The van der Waals surface area contributed by atoms with Crippen molar-refractivity contribution in [2.75, 3.05) is 28.4 Å². The van der Waals surface area contributed by atoms with Crippen molar-refractivity contribution in [3.63, 3.8) is 0 Å². The molecule has 0 fully saturated rings. The number of nitro groups is 1. The van der Waals surface area contributed by atoms with Crippen LogP contribution < -0.4 is 18.9 Å². The van der Waals surface area contributed by atoms with E-state index in [1.807, 2.05) is 0 Å². The monoisotopic (exact) mass is 347 g/mol. The van der Waals surface area contributed by atoms with Crippen LogP contribution in [0.15, 0.2) is 30.3 Å². The van der Waals surface area contributed by atoms with Gasteiger partial charge in [0.05, 0.1) is 33.4 Å². The predicted molar refractivity (Wildman–Crippen MR) is 89.2 cm³/mol. The maximum atomic E-state index is 12.9. The summed E-state index contributed by atoms with van der Waals surface area (Å²) in [6.07, 6.45) is 0. The molecule has 132 valence electrons. The Morgan fingerprint density at radius 1 is 0.920 bits per heavy atom. The van der Waals surface area contributed by atoms with E-state index in [-0.39, 0.29) is 28.4 Å². The van der Waals surface area contributed by atoms with E-state index in [0.29, 0.717) is 5.75 Å². The zero-order chi connectivity index (χ0) is 18.6. The normalized spacial score (nSPS) is 10.1. The van der Waals surface area contributed by atoms with Crippen LogP contribution in [0.4, 0.5) is 5.69 Å². The highest BCUT2D eigenvalue weighted by Gasteiger charge is 2.27. The lowest BCUT2D eigenvalue weighted by atomic mass is 10.0. The van der Waals surface area contributed by atoms with E-state index in [4.69, 9.17) is 18.9 Å². The molecule has 0 N–H and O–H groups in total. The highest BCUT2D eigenvalue weighted by Crippen LogP contribution is 2.40. The molecule has 0 saturated carbocycles. The van der Waals surface area contributed by atoms with Gasteiger partial charge in [0.25, 0.3) is 0 Å². The van der Waals surface area contributed by atoms with Crippen LogP contribution in [-0.2, 0) is 0 Å². The van der Waals surface area contributed by atoms with Gasteiger partial charge in [-0.2, -0.15) is 0 Å². The number of carbonyl (C=O) groups excluding carboxylic acids is 1. The van der Waals surface area contributed by atoms with Gasteiger partial charge < -0.3 is 18.9 Å². The average molecular weight is 347 g/mol. The summed E-state index contributed by atoms with van der Waals surface area (Å²) in [4.78, 5) is 23.6. The Labute approximate surface area is 144 Å². The number of carbonyl (C=O) groups is 1. The van der Waals surface area contributed by atoms with E-state index in [1.165, 1.54) is 58.8 Å². The van der Waals surface area contributed by atoms with Gasteiger partial charge in [-0.25, -0.2) is 0 Å². The van der Waals surface area contributed by atoms with Crippen molar-refractivity contribution in [2.24, 2.45) is 0 Å². The van der Waals surface area contributed by atoms with Crippen molar-refractivity contribution in [1.82, 2.24) is 0 Å². The summed E-state index contributed by atoms with van der Waals surface area (Å²) in [5.41, 5.74) is -0.340. The van der Waals surface area contributed by atoms with Crippen molar-refractivity contribution in [1.29, 1.82) is 0 Å². The van der Waals surface area contributed by atoms with Crippen molar-refractivity contribution in [3.05, 3.63) is 51.6 Å². The standard InChI is InChI=1S/C17H17NO7/c1-22-12-7-5-6-11(15(12)18(20)21)16(19)10-8-13(23-2)17(25-4)14(9-10)24-3/h5-9H,1-4H3. The third-order valence-electron chi connectivity index (χ3n) is 3.57. The third-order valence-corrected chi connectivity index (χ3v) is 3.57. The van der Waals surface area contributed by atoms with Gasteiger partial charge in [0, 0.05) is 5.56 Å². The van der Waals surface area contributed by atoms with Crippen LogP contribution in [-0.4, -0.2) is 39.1 Å². The fourth-order valence-electron chi connectivity index (χ4n) is 2.43. The number of nitrogens with zero attached hydrogens (tertiary/aromatic N) is 1. The summed E-state index contributed by atoms with van der Waals surface area (Å²) >= 11 is 0. The van der Waals surface area contributed by atoms with Gasteiger partial charge in [-0.05, 0) is 24.3 Å². The van der Waals surface area contributed by atoms with Gasteiger partial charge in [0.1, 0.15) is 5.56 Å². The van der Waals surface area contributed by atoms with E-state index < -0.39 is 16.4 Å². The number of rotatable bonds is 7. The van der Waals surface area contributed by atoms with Crippen LogP contribution in [0.25, 0.3) is 0 Å². The average Bonchev–Trinajstić information content (AvgIpc) is 2.65. The van der Waals surface area contributed by atoms with Crippen molar-refractivity contribution < 1.29 is 28.7 Å². The first kappa shape index (κ1) is 18.1. The molecule has 0 saturated heterocycles. The molecule has 0 heterocycles. The van der Waals surface area contributed by atoms with E-state index in [0.717, 1.165) is 0 Å². The molecule has 0 atom stereocenters. The number of para-hydroxylation sites is 1. The van der Waals surface area contributed by atoms with Gasteiger partial charge in [0.15, 0.2) is 23.0 Å². The van der Waals surface area contributed by atoms with E-state index in [2.05, 4.69) is 0 Å². The molecule has 25 heavy (non-hydrogen) atoms. The van der Waals surface area contributed by atoms with Crippen LogP contribution in [0.2, 0.25) is 0 Å². The lowest BCUT2D eigenvalue weighted by Gasteiger charge is -2.14. The minimum absolute atomic E-state index is 0.00305. The van der Waals surface area contributed by atoms with Gasteiger partial charge in [0.2, 0.25) is 5.75 Å². The van der Waals surface area contributed by atoms with Crippen LogP contribution >= 0.6 is 0 Å². The lowest BCUT2D eigenvalue weighted by Crippen LogP contribution is -2.08. The number of ketones is 1. The fraction of sp³-hybridized carbons (Fsp3) is 0.235. The summed E-state index contributed by atoms with van der Waals surface area (Å²) in [7, 11) is 5.57. The van der Waals surface area contributed by atoms with Crippen LogP contribution in [0.3, 0.4) is 0 Å². The van der Waals surface area contributed by atoms with E-state index >= 15 is 0 Å². The number of methoxy groups -OCH3 is 4. The Morgan fingerprint density at radius 2 is 1.48 bits per heavy atom. The van der Waals surface area contributed by atoms with E-state index in [1.54, 1.807) is 0 Å². The zero-order valence-corrected chi connectivity index (χ0v) is 14.2. The molecule has 0 unspecified atom stereocenters. The minimum Gasteiger partial charge on any atom is -0.493 e. The summed E-state index contributed by atoms with van der Waals surface area (Å²) < 4.78 is 20.6. The second-order valence-electron chi connectivity index (χ2n) is 4.86. The molecule has 0 aliphatic carbocycles. The quantitative estimate of drug-likeness (QED) is 0.431. The van der Waals surface area contributed by atoms with Gasteiger partial charge in [-0.3, -0.25) is 14.9 Å². The number of ether oxygens (including phenoxy) is 4. The molecule has 2 aromatic carbocycles. The van der Waals surface area contributed by atoms with Gasteiger partial charge in [-0.1, -0.05) is 6.07 Å². The van der Waals surface area contributed by atoms with Gasteiger partial charge >= 0.3 is 5.69 Å². The van der Waals surface area contributed by atoms with Crippen LogP contribution in [0.1, 0.15) is 15.9 Å². The fourth-order valence-corrected chi connectivity index (χ4v) is 2.43. The molecule has 0 aliphatic heterocycles. The largest absolute Gasteiger partial charge is 0.493 e. The summed E-state index contributed by atoms with van der Waals surface area (Å²) in [6, 6.07) is 7.17. The summed E-state index contributed by atoms with van der Waals surface area (Å²) in [6.45, 7) is 0. The minimum atomic E-state index is -0.649. The molecule has 0 aliphatic rings. The molecule has 0 bridgehead atoms. The molecule has 0 spiro atoms. The Hall–Kier alpha value is -3.29. The highest BCUT2D eigenvalue weighted by molar-refractivity contribution is 6.12. The molecule has 8 heteroatoms. The predicted octanol–water partition coefficient (Wildman–Crippen LogP) is 2.86. The zero-order valence-electron chi connectivity index (χ0n) is 14.2. The molecular weight excluding hydrogens is 330 g/mol. The molecular formula is C17H17NO7. The number of nitro benzene ring substituents is 1. The molecule has 2 aromatic rings.